The van der Waals surface area contributed by atoms with Crippen molar-refractivity contribution in [3.8, 4) is 11.9 Å². The second kappa shape index (κ2) is 8.75. The van der Waals surface area contributed by atoms with E-state index in [9.17, 15) is 26.9 Å². The SMILES string of the molecule is COc1cc2c(C#N)c(N3CCN(S(=O)(=O)c4ccccc4C(F)(F)F)CC3)nc(N)c2c(N)[nH+]1. The van der Waals surface area contributed by atoms with E-state index in [1.807, 2.05) is 0 Å². The fourth-order valence-electron chi connectivity index (χ4n) is 4.05. The topological polar surface area (TPSA) is 153 Å². The quantitative estimate of drug-likeness (QED) is 0.539. The molecule has 2 aromatic heterocycles. The number of hydrogen-bond acceptors (Lipinski definition) is 8. The number of nitriles is 1. The zero-order valence-corrected chi connectivity index (χ0v) is 19.2. The number of methoxy groups -OCH3 is 1. The van der Waals surface area contributed by atoms with Gasteiger partial charge in [0.05, 0.1) is 17.6 Å². The van der Waals surface area contributed by atoms with Crippen molar-refractivity contribution in [1.82, 2.24) is 9.29 Å². The van der Waals surface area contributed by atoms with Crippen LogP contribution in [0.5, 0.6) is 5.88 Å². The highest BCUT2D eigenvalue weighted by atomic mass is 32.2. The molecule has 1 aliphatic heterocycles. The summed E-state index contributed by atoms with van der Waals surface area (Å²) in [6.45, 7) is -0.0860. The summed E-state index contributed by atoms with van der Waals surface area (Å²) in [7, 11) is -2.99. The molecule has 1 fully saturated rings. The number of anilines is 3. The standard InChI is InChI=1S/C21H20F3N7O3S/c1-34-16-10-12-13(11-25)20(29-19(27)17(12)18(26)28-16)30-6-8-31(9-7-30)35(32,33)15-5-3-2-4-14(15)21(22,23)24/h2-5,10H,6-9H2,1H3,(H2,26,28)(H2,27,29)/p+1. The first-order valence-corrected chi connectivity index (χ1v) is 11.7. The summed E-state index contributed by atoms with van der Waals surface area (Å²) < 4.78 is 72.5. The van der Waals surface area contributed by atoms with E-state index in [-0.39, 0.29) is 49.2 Å². The average molecular weight is 509 g/mol. The molecular formula is C21H21F3N7O3S+. The van der Waals surface area contributed by atoms with Crippen LogP contribution in [0.3, 0.4) is 0 Å². The van der Waals surface area contributed by atoms with Gasteiger partial charge in [-0.05, 0) is 12.1 Å². The highest BCUT2D eigenvalue weighted by Gasteiger charge is 2.39. The van der Waals surface area contributed by atoms with Crippen molar-refractivity contribution in [3.05, 3.63) is 41.5 Å². The largest absolute Gasteiger partial charge is 0.466 e. The third-order valence-corrected chi connectivity index (χ3v) is 7.68. The van der Waals surface area contributed by atoms with Crippen molar-refractivity contribution in [3.63, 3.8) is 0 Å². The first-order valence-electron chi connectivity index (χ1n) is 10.3. The Morgan fingerprint density at radius 2 is 1.83 bits per heavy atom. The number of nitrogens with zero attached hydrogens (tertiary/aromatic N) is 4. The Labute approximate surface area is 198 Å². The van der Waals surface area contributed by atoms with Crippen molar-refractivity contribution < 1.29 is 31.3 Å². The number of benzene rings is 1. The van der Waals surface area contributed by atoms with Crippen LogP contribution in [0.2, 0.25) is 0 Å². The second-order valence-electron chi connectivity index (χ2n) is 7.73. The summed E-state index contributed by atoms with van der Waals surface area (Å²) in [6.07, 6.45) is -4.82. The van der Waals surface area contributed by atoms with Gasteiger partial charge in [0.1, 0.15) is 28.7 Å². The first-order chi connectivity index (χ1) is 16.5. The minimum Gasteiger partial charge on any atom is -0.466 e. The normalized spacial score (nSPS) is 15.2. The Morgan fingerprint density at radius 3 is 2.43 bits per heavy atom. The molecule has 0 atom stereocenters. The third kappa shape index (κ3) is 4.24. The summed E-state index contributed by atoms with van der Waals surface area (Å²) in [5, 5.41) is 10.6. The molecular weight excluding hydrogens is 487 g/mol. The Kier molecular flexibility index (Phi) is 6.07. The number of piperazine rings is 1. The highest BCUT2D eigenvalue weighted by molar-refractivity contribution is 7.89. The maximum atomic E-state index is 13.4. The third-order valence-electron chi connectivity index (χ3n) is 5.73. The lowest BCUT2D eigenvalue weighted by Gasteiger charge is -2.35. The van der Waals surface area contributed by atoms with Crippen molar-refractivity contribution in [2.24, 2.45) is 0 Å². The highest BCUT2D eigenvalue weighted by Crippen LogP contribution is 2.37. The van der Waals surface area contributed by atoms with Crippen molar-refractivity contribution in [1.29, 1.82) is 5.26 Å². The summed E-state index contributed by atoms with van der Waals surface area (Å²) in [5.41, 5.74) is 11.1. The molecule has 10 nitrogen and oxygen atoms in total. The van der Waals surface area contributed by atoms with Crippen molar-refractivity contribution in [2.45, 2.75) is 11.1 Å². The van der Waals surface area contributed by atoms with Gasteiger partial charge in [0, 0.05) is 37.6 Å². The fourth-order valence-corrected chi connectivity index (χ4v) is 5.69. The number of aromatic nitrogens is 2. The summed E-state index contributed by atoms with van der Waals surface area (Å²) >= 11 is 0. The van der Waals surface area contributed by atoms with Gasteiger partial charge in [0.15, 0.2) is 0 Å². The lowest BCUT2D eigenvalue weighted by atomic mass is 10.1. The number of aromatic amines is 1. The number of nitrogen functional groups attached to an aromatic ring is 2. The van der Waals surface area contributed by atoms with E-state index in [2.05, 4.69) is 16.0 Å². The number of alkyl halides is 3. The van der Waals surface area contributed by atoms with Gasteiger partial charge in [0.2, 0.25) is 10.0 Å². The van der Waals surface area contributed by atoms with E-state index in [0.717, 1.165) is 22.5 Å². The molecule has 0 bridgehead atoms. The van der Waals surface area contributed by atoms with Gasteiger partial charge < -0.3 is 15.4 Å². The number of hydrogen-bond donors (Lipinski definition) is 2. The Bertz CT molecular complexity index is 1450. The molecule has 3 aromatic rings. The van der Waals surface area contributed by atoms with Crippen LogP contribution < -0.4 is 26.1 Å². The van der Waals surface area contributed by atoms with Gasteiger partial charge in [-0.25, -0.2) is 18.4 Å². The number of pyridine rings is 2. The van der Waals surface area contributed by atoms with Gasteiger partial charge in [-0.15, -0.1) is 0 Å². The van der Waals surface area contributed by atoms with Crippen LogP contribution >= 0.6 is 0 Å². The van der Waals surface area contributed by atoms with E-state index in [1.54, 1.807) is 11.0 Å². The Balaban J connectivity index is 1.67. The van der Waals surface area contributed by atoms with E-state index in [4.69, 9.17) is 16.2 Å². The number of sulfonamides is 1. The van der Waals surface area contributed by atoms with Crippen LogP contribution in [0.4, 0.5) is 30.6 Å². The molecule has 184 valence electrons. The predicted octanol–water partition coefficient (Wildman–Crippen LogP) is 1.62. The lowest BCUT2D eigenvalue weighted by Crippen LogP contribution is -2.49. The van der Waals surface area contributed by atoms with Crippen LogP contribution in [0.1, 0.15) is 11.1 Å². The van der Waals surface area contributed by atoms with Crippen molar-refractivity contribution >= 4 is 38.2 Å². The molecule has 4 rings (SSSR count). The van der Waals surface area contributed by atoms with E-state index in [0.29, 0.717) is 16.7 Å². The van der Waals surface area contributed by atoms with E-state index in [1.165, 1.54) is 13.2 Å². The van der Waals surface area contributed by atoms with Crippen LogP contribution in [0.25, 0.3) is 10.8 Å². The van der Waals surface area contributed by atoms with Crippen LogP contribution in [0.15, 0.2) is 35.2 Å². The fraction of sp³-hybridized carbons (Fsp3) is 0.286. The Hall–Kier alpha value is -3.83. The second-order valence-corrected chi connectivity index (χ2v) is 9.64. The predicted molar refractivity (Wildman–Crippen MR) is 121 cm³/mol. The Morgan fingerprint density at radius 1 is 1.17 bits per heavy atom. The summed E-state index contributed by atoms with van der Waals surface area (Å²) in [6, 6.07) is 7.71. The smallest absolute Gasteiger partial charge is 0.417 e. The van der Waals surface area contributed by atoms with E-state index >= 15 is 0 Å². The molecule has 35 heavy (non-hydrogen) atoms. The number of H-pyrrole nitrogens is 1. The van der Waals surface area contributed by atoms with Gasteiger partial charge in [-0.1, -0.05) is 12.1 Å². The van der Waals surface area contributed by atoms with Gasteiger partial charge >= 0.3 is 6.18 Å². The number of ether oxygens (including phenoxy) is 1. The van der Waals surface area contributed by atoms with Crippen LogP contribution in [-0.2, 0) is 16.2 Å². The molecule has 0 saturated carbocycles. The zero-order valence-electron chi connectivity index (χ0n) is 18.4. The molecule has 0 unspecified atom stereocenters. The van der Waals surface area contributed by atoms with Crippen LogP contribution in [0, 0.1) is 11.3 Å². The number of halogens is 3. The maximum Gasteiger partial charge on any atom is 0.417 e. The molecule has 0 radical (unpaired) electrons. The number of nitrogens with one attached hydrogen (secondary N) is 1. The molecule has 5 N–H and O–H groups in total. The molecule has 0 aliphatic carbocycles. The van der Waals surface area contributed by atoms with Gasteiger partial charge in [-0.3, -0.25) is 5.73 Å². The number of rotatable bonds is 4. The molecule has 1 aliphatic rings. The monoisotopic (exact) mass is 508 g/mol. The molecule has 1 saturated heterocycles. The van der Waals surface area contributed by atoms with Gasteiger partial charge in [-0.2, -0.15) is 22.7 Å². The number of fused-ring (bicyclic) bond motifs is 1. The van der Waals surface area contributed by atoms with Crippen molar-refractivity contribution in [2.75, 3.05) is 49.7 Å². The molecule has 14 heteroatoms. The van der Waals surface area contributed by atoms with E-state index < -0.39 is 26.7 Å². The molecule has 3 heterocycles. The number of nitrogens with two attached hydrogens (primary N) is 2. The average Bonchev–Trinajstić information content (AvgIpc) is 2.83. The zero-order chi connectivity index (χ0) is 25.5. The van der Waals surface area contributed by atoms with Gasteiger partial charge in [0.25, 0.3) is 11.7 Å². The summed E-state index contributed by atoms with van der Waals surface area (Å²) in [5.74, 6) is 0.728. The maximum absolute atomic E-state index is 13.4. The molecule has 0 amide bonds. The molecule has 1 aromatic carbocycles. The first kappa shape index (κ1) is 24.3. The molecule has 0 spiro atoms. The minimum absolute atomic E-state index is 0.0551. The van der Waals surface area contributed by atoms with Crippen LogP contribution in [-0.4, -0.2) is 51.0 Å². The summed E-state index contributed by atoms with van der Waals surface area (Å²) in [4.78, 5) is 7.99. The lowest BCUT2D eigenvalue weighted by molar-refractivity contribution is -0.374. The minimum atomic E-state index is -4.82.